The minimum absolute atomic E-state index is 0.0135. The van der Waals surface area contributed by atoms with Crippen LogP contribution >= 0.6 is 11.6 Å². The number of nitrogens with one attached hydrogen (secondary N) is 2. The normalized spacial score (nSPS) is 10.8. The molecule has 3 aromatic rings. The highest BCUT2D eigenvalue weighted by molar-refractivity contribution is 6.31. The van der Waals surface area contributed by atoms with Crippen LogP contribution in [0.2, 0.25) is 5.02 Å². The summed E-state index contributed by atoms with van der Waals surface area (Å²) in [7, 11) is 0. The molecule has 0 atom stereocenters. The van der Waals surface area contributed by atoms with Crippen molar-refractivity contribution in [2.24, 2.45) is 0 Å². The highest BCUT2D eigenvalue weighted by Gasteiger charge is 2.06. The molecule has 0 fully saturated rings. The van der Waals surface area contributed by atoms with Gasteiger partial charge >= 0.3 is 0 Å². The van der Waals surface area contributed by atoms with Gasteiger partial charge in [-0.1, -0.05) is 41.9 Å². The number of carbonyl (C=O) groups excluding carboxylic acids is 1. The van der Waals surface area contributed by atoms with Gasteiger partial charge in [-0.15, -0.1) is 0 Å². The van der Waals surface area contributed by atoms with Gasteiger partial charge in [0.05, 0.1) is 17.6 Å². The molecule has 2 aromatic carbocycles. The van der Waals surface area contributed by atoms with Crippen molar-refractivity contribution in [2.45, 2.75) is 19.4 Å². The zero-order valence-corrected chi connectivity index (χ0v) is 12.7. The van der Waals surface area contributed by atoms with Crippen LogP contribution in [0.15, 0.2) is 48.5 Å². The van der Waals surface area contributed by atoms with Gasteiger partial charge in [0.1, 0.15) is 5.82 Å². The van der Waals surface area contributed by atoms with E-state index in [0.29, 0.717) is 24.4 Å². The molecule has 0 saturated heterocycles. The molecule has 22 heavy (non-hydrogen) atoms. The topological polar surface area (TPSA) is 57.8 Å². The Bertz CT molecular complexity index is 764. The molecule has 1 heterocycles. The van der Waals surface area contributed by atoms with Crippen LogP contribution in [0.1, 0.15) is 17.8 Å². The van der Waals surface area contributed by atoms with E-state index >= 15 is 0 Å². The number of nitrogens with zero attached hydrogens (tertiary/aromatic N) is 1. The van der Waals surface area contributed by atoms with E-state index in [-0.39, 0.29) is 5.91 Å². The van der Waals surface area contributed by atoms with E-state index in [2.05, 4.69) is 15.3 Å². The van der Waals surface area contributed by atoms with Gasteiger partial charge in [-0.2, -0.15) is 0 Å². The summed E-state index contributed by atoms with van der Waals surface area (Å²) >= 11 is 6.08. The highest BCUT2D eigenvalue weighted by atomic mass is 35.5. The molecule has 5 heteroatoms. The number of aromatic nitrogens is 2. The fourth-order valence-electron chi connectivity index (χ4n) is 2.31. The number of H-pyrrole nitrogens is 1. The third-order valence-corrected chi connectivity index (χ3v) is 3.84. The van der Waals surface area contributed by atoms with Crippen molar-refractivity contribution in [1.82, 2.24) is 15.3 Å². The first kappa shape index (κ1) is 14.6. The Balaban J connectivity index is 1.53. The van der Waals surface area contributed by atoms with Gasteiger partial charge in [-0.25, -0.2) is 4.98 Å². The number of imidazole rings is 1. The van der Waals surface area contributed by atoms with E-state index in [9.17, 15) is 4.79 Å². The molecule has 0 saturated carbocycles. The molecular weight excluding hydrogens is 298 g/mol. The summed E-state index contributed by atoms with van der Waals surface area (Å²) in [6, 6.07) is 15.4. The second-order valence-corrected chi connectivity index (χ2v) is 5.48. The number of hydrogen-bond acceptors (Lipinski definition) is 2. The minimum atomic E-state index is -0.0135. The molecule has 3 rings (SSSR count). The van der Waals surface area contributed by atoms with Crippen molar-refractivity contribution < 1.29 is 4.79 Å². The van der Waals surface area contributed by atoms with Crippen LogP contribution in [-0.4, -0.2) is 15.9 Å². The van der Waals surface area contributed by atoms with E-state index in [1.54, 1.807) is 0 Å². The van der Waals surface area contributed by atoms with E-state index < -0.39 is 0 Å². The van der Waals surface area contributed by atoms with Crippen LogP contribution in [-0.2, 0) is 17.8 Å². The first-order valence-electron chi connectivity index (χ1n) is 7.16. The second kappa shape index (κ2) is 6.62. The summed E-state index contributed by atoms with van der Waals surface area (Å²) in [6.07, 6.45) is 1.04. The van der Waals surface area contributed by atoms with Gasteiger partial charge in [0.2, 0.25) is 5.91 Å². The van der Waals surface area contributed by atoms with Crippen molar-refractivity contribution >= 4 is 28.5 Å². The van der Waals surface area contributed by atoms with Crippen LogP contribution in [0.4, 0.5) is 0 Å². The van der Waals surface area contributed by atoms with Gasteiger partial charge in [0.25, 0.3) is 0 Å². The predicted molar refractivity (Wildman–Crippen MR) is 87.7 cm³/mol. The van der Waals surface area contributed by atoms with Crippen molar-refractivity contribution in [3.63, 3.8) is 0 Å². The maximum Gasteiger partial charge on any atom is 0.220 e. The average Bonchev–Trinajstić information content (AvgIpc) is 2.95. The summed E-state index contributed by atoms with van der Waals surface area (Å²) in [5, 5.41) is 3.58. The van der Waals surface area contributed by atoms with Crippen LogP contribution < -0.4 is 5.32 Å². The summed E-state index contributed by atoms with van der Waals surface area (Å²) in [6.45, 7) is 0.399. The molecule has 4 nitrogen and oxygen atoms in total. The Labute approximate surface area is 133 Å². The third kappa shape index (κ3) is 3.46. The van der Waals surface area contributed by atoms with Crippen molar-refractivity contribution in [1.29, 1.82) is 0 Å². The van der Waals surface area contributed by atoms with E-state index in [1.165, 1.54) is 0 Å². The van der Waals surface area contributed by atoms with Crippen LogP contribution in [0.5, 0.6) is 0 Å². The second-order valence-electron chi connectivity index (χ2n) is 5.07. The lowest BCUT2D eigenvalue weighted by atomic mass is 10.1. The Hall–Kier alpha value is -2.33. The van der Waals surface area contributed by atoms with Gasteiger partial charge < -0.3 is 10.3 Å². The quantitative estimate of drug-likeness (QED) is 0.758. The van der Waals surface area contributed by atoms with Gasteiger partial charge in [0, 0.05) is 11.4 Å². The van der Waals surface area contributed by atoms with E-state index in [1.807, 2.05) is 48.5 Å². The van der Waals surface area contributed by atoms with Crippen LogP contribution in [0, 0.1) is 0 Å². The number of hydrogen-bond donors (Lipinski definition) is 2. The molecule has 0 radical (unpaired) electrons. The number of amides is 1. The Morgan fingerprint density at radius 2 is 1.91 bits per heavy atom. The maximum atomic E-state index is 11.9. The SMILES string of the molecule is O=C(CCc1ccccc1Cl)NCc1nc2ccccc2[nH]1. The van der Waals surface area contributed by atoms with Crippen molar-refractivity contribution in [3.05, 3.63) is 64.9 Å². The van der Waals surface area contributed by atoms with Gasteiger partial charge in [0.15, 0.2) is 0 Å². The molecule has 0 aliphatic rings. The predicted octanol–water partition coefficient (Wildman–Crippen LogP) is 3.47. The summed E-state index contributed by atoms with van der Waals surface area (Å²) in [4.78, 5) is 19.5. The summed E-state index contributed by atoms with van der Waals surface area (Å²) < 4.78 is 0. The maximum absolute atomic E-state index is 11.9. The van der Waals surface area contributed by atoms with Crippen LogP contribution in [0.3, 0.4) is 0 Å². The van der Waals surface area contributed by atoms with Crippen molar-refractivity contribution in [3.8, 4) is 0 Å². The standard InChI is InChI=1S/C17H16ClN3O/c18-13-6-2-1-5-12(13)9-10-17(22)19-11-16-20-14-7-3-4-8-15(14)21-16/h1-8H,9-11H2,(H,19,22)(H,20,21). The number of fused-ring (bicyclic) bond motifs is 1. The Morgan fingerprint density at radius 1 is 1.14 bits per heavy atom. The average molecular weight is 314 g/mol. The van der Waals surface area contributed by atoms with E-state index in [4.69, 9.17) is 11.6 Å². The molecule has 0 aliphatic heterocycles. The van der Waals surface area contributed by atoms with Crippen molar-refractivity contribution in [2.75, 3.05) is 0 Å². The Morgan fingerprint density at radius 3 is 2.73 bits per heavy atom. The smallest absolute Gasteiger partial charge is 0.220 e. The fraction of sp³-hybridized carbons (Fsp3) is 0.176. The number of halogens is 1. The molecule has 0 spiro atoms. The molecule has 0 aliphatic carbocycles. The third-order valence-electron chi connectivity index (χ3n) is 3.47. The number of carbonyl (C=O) groups is 1. The molecule has 2 N–H and O–H groups in total. The number of rotatable bonds is 5. The van der Waals surface area contributed by atoms with E-state index in [0.717, 1.165) is 22.4 Å². The molecule has 0 unspecified atom stereocenters. The first-order valence-corrected chi connectivity index (χ1v) is 7.54. The van der Waals surface area contributed by atoms with Crippen LogP contribution in [0.25, 0.3) is 11.0 Å². The number of para-hydroxylation sites is 2. The zero-order chi connectivity index (χ0) is 15.4. The molecule has 112 valence electrons. The monoisotopic (exact) mass is 313 g/mol. The summed E-state index contributed by atoms with van der Waals surface area (Å²) in [5.74, 6) is 0.743. The van der Waals surface area contributed by atoms with Gasteiger partial charge in [-0.3, -0.25) is 4.79 Å². The fourth-order valence-corrected chi connectivity index (χ4v) is 2.54. The highest BCUT2D eigenvalue weighted by Crippen LogP contribution is 2.16. The Kier molecular flexibility index (Phi) is 4.39. The van der Waals surface area contributed by atoms with Gasteiger partial charge in [-0.05, 0) is 30.2 Å². The first-order chi connectivity index (χ1) is 10.7. The lowest BCUT2D eigenvalue weighted by Gasteiger charge is -2.05. The minimum Gasteiger partial charge on any atom is -0.349 e. The molecule has 1 amide bonds. The lowest BCUT2D eigenvalue weighted by Crippen LogP contribution is -2.23. The number of aromatic amines is 1. The molecular formula is C17H16ClN3O. The summed E-state index contributed by atoms with van der Waals surface area (Å²) in [5.41, 5.74) is 2.87. The number of benzene rings is 2. The zero-order valence-electron chi connectivity index (χ0n) is 12.0. The largest absolute Gasteiger partial charge is 0.349 e. The molecule has 0 bridgehead atoms. The number of aryl methyl sites for hydroxylation is 1. The molecule has 1 aromatic heterocycles. The lowest BCUT2D eigenvalue weighted by molar-refractivity contribution is -0.121.